The van der Waals surface area contributed by atoms with E-state index in [0.717, 1.165) is 12.8 Å². The smallest absolute Gasteiger partial charge is 0.324 e. The zero-order valence-corrected chi connectivity index (χ0v) is 9.74. The molecule has 0 aromatic heterocycles. The van der Waals surface area contributed by atoms with Crippen LogP contribution in [0.3, 0.4) is 0 Å². The summed E-state index contributed by atoms with van der Waals surface area (Å²) in [5.41, 5.74) is 0. The molecule has 1 aliphatic rings. The summed E-state index contributed by atoms with van der Waals surface area (Å²) in [4.78, 5) is 10.5. The van der Waals surface area contributed by atoms with E-state index in [2.05, 4.69) is 0 Å². The number of ether oxygens (including phenoxy) is 2. The van der Waals surface area contributed by atoms with Crippen LogP contribution in [-0.4, -0.2) is 41.4 Å². The second-order valence-corrected chi connectivity index (χ2v) is 4.52. The van der Waals surface area contributed by atoms with Gasteiger partial charge in [-0.25, -0.2) is 0 Å². The van der Waals surface area contributed by atoms with Crippen molar-refractivity contribution in [2.45, 2.75) is 50.4 Å². The van der Waals surface area contributed by atoms with Crippen LogP contribution in [0.1, 0.15) is 26.7 Å². The normalized spacial score (nSPS) is 33.7. The van der Waals surface area contributed by atoms with E-state index in [0.29, 0.717) is 0 Å². The van der Waals surface area contributed by atoms with E-state index in [4.69, 9.17) is 26.2 Å². The van der Waals surface area contributed by atoms with Crippen molar-refractivity contribution >= 4 is 17.6 Å². The van der Waals surface area contributed by atoms with Crippen molar-refractivity contribution in [3.8, 4) is 0 Å². The highest BCUT2D eigenvalue weighted by Gasteiger charge is 2.26. The van der Waals surface area contributed by atoms with Crippen molar-refractivity contribution in [2.24, 2.45) is 0 Å². The van der Waals surface area contributed by atoms with Gasteiger partial charge < -0.3 is 14.6 Å². The highest BCUT2D eigenvalue weighted by molar-refractivity contribution is 6.29. The van der Waals surface area contributed by atoms with Gasteiger partial charge in [-0.1, -0.05) is 0 Å². The van der Waals surface area contributed by atoms with Gasteiger partial charge >= 0.3 is 5.97 Å². The third-order valence-corrected chi connectivity index (χ3v) is 2.71. The first-order chi connectivity index (χ1) is 6.99. The first-order valence-corrected chi connectivity index (χ1v) is 5.56. The number of rotatable bonds is 4. The molecule has 0 bridgehead atoms. The van der Waals surface area contributed by atoms with Crippen LogP contribution in [0.5, 0.6) is 0 Å². The summed E-state index contributed by atoms with van der Waals surface area (Å²) in [5, 5.41) is 7.62. The largest absolute Gasteiger partial charge is 0.480 e. The molecule has 1 heterocycles. The van der Waals surface area contributed by atoms with E-state index in [1.165, 1.54) is 0 Å². The van der Waals surface area contributed by atoms with Gasteiger partial charge in [0.1, 0.15) is 0 Å². The molecule has 1 rings (SSSR count). The Bertz CT molecular complexity index is 211. The summed E-state index contributed by atoms with van der Waals surface area (Å²) in [6, 6.07) is 0. The number of hydrogen-bond donors (Lipinski definition) is 1. The van der Waals surface area contributed by atoms with Gasteiger partial charge in [0.2, 0.25) is 0 Å². The van der Waals surface area contributed by atoms with Crippen molar-refractivity contribution in [1.29, 1.82) is 0 Å². The molecule has 0 saturated carbocycles. The van der Waals surface area contributed by atoms with Crippen LogP contribution < -0.4 is 0 Å². The predicted octanol–water partition coefficient (Wildman–Crippen LogP) is 1.65. The first kappa shape index (κ1) is 12.7. The molecule has 0 amide bonds. The Morgan fingerprint density at radius 3 is 2.53 bits per heavy atom. The van der Waals surface area contributed by atoms with Crippen LogP contribution in [-0.2, 0) is 14.3 Å². The van der Waals surface area contributed by atoms with Gasteiger partial charge in [0, 0.05) is 0 Å². The highest BCUT2D eigenvalue weighted by atomic mass is 35.5. The van der Waals surface area contributed by atoms with E-state index in [1.54, 1.807) is 0 Å². The fourth-order valence-electron chi connectivity index (χ4n) is 1.77. The zero-order valence-electron chi connectivity index (χ0n) is 8.98. The summed E-state index contributed by atoms with van der Waals surface area (Å²) in [5.74, 6) is -1.04. The summed E-state index contributed by atoms with van der Waals surface area (Å²) in [6.07, 6.45) is 1.99. The second kappa shape index (κ2) is 5.68. The van der Waals surface area contributed by atoms with Crippen molar-refractivity contribution in [3.63, 3.8) is 0 Å². The van der Waals surface area contributed by atoms with Crippen molar-refractivity contribution in [3.05, 3.63) is 0 Å². The number of halogens is 1. The van der Waals surface area contributed by atoms with E-state index in [-0.39, 0.29) is 24.9 Å². The molecule has 0 radical (unpaired) electrons. The SMILES string of the molecule is CC1CC(OCC(Cl)C(=O)O)CC(C)O1. The molecule has 1 N–H and O–H groups in total. The first-order valence-electron chi connectivity index (χ1n) is 5.13. The fourth-order valence-corrected chi connectivity index (χ4v) is 1.85. The quantitative estimate of drug-likeness (QED) is 0.755. The summed E-state index contributed by atoms with van der Waals surface area (Å²) < 4.78 is 11.0. The predicted molar refractivity (Wildman–Crippen MR) is 56.3 cm³/mol. The number of carboxylic acid groups (broad SMARTS) is 1. The fraction of sp³-hybridized carbons (Fsp3) is 0.900. The molecule has 0 aliphatic carbocycles. The van der Waals surface area contributed by atoms with E-state index in [1.807, 2.05) is 13.8 Å². The molecule has 0 aromatic carbocycles. The van der Waals surface area contributed by atoms with Gasteiger partial charge in [-0.2, -0.15) is 0 Å². The number of carbonyl (C=O) groups is 1. The topological polar surface area (TPSA) is 55.8 Å². The van der Waals surface area contributed by atoms with Crippen LogP contribution in [0.15, 0.2) is 0 Å². The van der Waals surface area contributed by atoms with Gasteiger partial charge in [0.05, 0.1) is 24.9 Å². The minimum Gasteiger partial charge on any atom is -0.480 e. The van der Waals surface area contributed by atoms with Gasteiger partial charge in [-0.05, 0) is 26.7 Å². The molecule has 1 fully saturated rings. The lowest BCUT2D eigenvalue weighted by Crippen LogP contribution is -2.35. The lowest BCUT2D eigenvalue weighted by atomic mass is 10.0. The molecule has 1 saturated heterocycles. The Balaban J connectivity index is 2.29. The zero-order chi connectivity index (χ0) is 11.4. The molecular weight excluding hydrogens is 220 g/mol. The van der Waals surface area contributed by atoms with E-state index >= 15 is 0 Å². The van der Waals surface area contributed by atoms with Crippen LogP contribution in [0, 0.1) is 0 Å². The van der Waals surface area contributed by atoms with Crippen LogP contribution >= 0.6 is 11.6 Å². The van der Waals surface area contributed by atoms with Crippen LogP contribution in [0.2, 0.25) is 0 Å². The lowest BCUT2D eigenvalue weighted by molar-refractivity contribution is -0.139. The van der Waals surface area contributed by atoms with Crippen molar-refractivity contribution in [2.75, 3.05) is 6.61 Å². The Hall–Kier alpha value is -0.320. The van der Waals surface area contributed by atoms with Gasteiger partial charge in [0.15, 0.2) is 5.38 Å². The molecule has 15 heavy (non-hydrogen) atoms. The molecular formula is C10H17ClO4. The van der Waals surface area contributed by atoms with Crippen molar-refractivity contribution < 1.29 is 19.4 Å². The minimum absolute atomic E-state index is 0.0565. The molecule has 4 nitrogen and oxygen atoms in total. The van der Waals surface area contributed by atoms with Crippen LogP contribution in [0.4, 0.5) is 0 Å². The Kier molecular flexibility index (Phi) is 4.83. The monoisotopic (exact) mass is 236 g/mol. The Labute approximate surface area is 94.5 Å². The molecule has 0 aromatic rings. The summed E-state index contributed by atoms with van der Waals surface area (Å²) >= 11 is 5.55. The maximum atomic E-state index is 10.5. The minimum atomic E-state index is -1.04. The maximum Gasteiger partial charge on any atom is 0.324 e. The third kappa shape index (κ3) is 4.36. The lowest BCUT2D eigenvalue weighted by Gasteiger charge is -2.32. The average Bonchev–Trinajstić information content (AvgIpc) is 2.12. The Morgan fingerprint density at radius 1 is 1.53 bits per heavy atom. The molecule has 1 aliphatic heterocycles. The van der Waals surface area contributed by atoms with Gasteiger partial charge in [0.25, 0.3) is 0 Å². The molecule has 0 spiro atoms. The molecule has 3 unspecified atom stereocenters. The average molecular weight is 237 g/mol. The highest BCUT2D eigenvalue weighted by Crippen LogP contribution is 2.21. The number of alkyl halides is 1. The Morgan fingerprint density at radius 2 is 2.07 bits per heavy atom. The van der Waals surface area contributed by atoms with Crippen LogP contribution in [0.25, 0.3) is 0 Å². The molecule has 5 heteroatoms. The van der Waals surface area contributed by atoms with E-state index < -0.39 is 11.3 Å². The molecule has 88 valence electrons. The van der Waals surface area contributed by atoms with Gasteiger partial charge in [-0.15, -0.1) is 11.6 Å². The second-order valence-electron chi connectivity index (χ2n) is 3.99. The van der Waals surface area contributed by atoms with E-state index in [9.17, 15) is 4.79 Å². The maximum absolute atomic E-state index is 10.5. The summed E-state index contributed by atoms with van der Waals surface area (Å²) in [7, 11) is 0. The standard InChI is InChI=1S/C10H17ClO4/c1-6-3-8(4-7(2)15-6)14-5-9(11)10(12)13/h6-9H,3-5H2,1-2H3,(H,12,13). The third-order valence-electron chi connectivity index (χ3n) is 2.40. The summed E-state index contributed by atoms with van der Waals surface area (Å²) in [6.45, 7) is 4.03. The van der Waals surface area contributed by atoms with Crippen molar-refractivity contribution in [1.82, 2.24) is 0 Å². The molecule has 3 atom stereocenters. The van der Waals surface area contributed by atoms with Gasteiger partial charge in [-0.3, -0.25) is 4.79 Å². The number of aliphatic carboxylic acids is 1. The number of carboxylic acids is 1. The number of hydrogen-bond acceptors (Lipinski definition) is 3.